The number of hydrogen-bond acceptors (Lipinski definition) is 11. The van der Waals surface area contributed by atoms with Crippen LogP contribution in [0.25, 0.3) is 0 Å². The highest BCUT2D eigenvalue weighted by Crippen LogP contribution is 2.28. The van der Waals surface area contributed by atoms with Crippen molar-refractivity contribution in [3.8, 4) is 5.75 Å². The first-order valence-corrected chi connectivity index (χ1v) is 16.2. The van der Waals surface area contributed by atoms with Gasteiger partial charge in [0.25, 0.3) is 0 Å². The topological polar surface area (TPSA) is 101 Å². The molecule has 43 heavy (non-hydrogen) atoms. The fourth-order valence-corrected chi connectivity index (χ4v) is 6.18. The van der Waals surface area contributed by atoms with E-state index >= 15 is 0 Å². The number of para-hydroxylation sites is 2. The van der Waals surface area contributed by atoms with E-state index in [9.17, 15) is 9.90 Å². The number of carbonyl (C=O) groups excluding carboxylic acids is 1. The summed E-state index contributed by atoms with van der Waals surface area (Å²) in [4.78, 5) is 33.5. The molecule has 3 aliphatic heterocycles. The first-order chi connectivity index (χ1) is 21.1. The second-order valence-electron chi connectivity index (χ2n) is 11.0. The number of aromatic hydroxyl groups is 1. The average Bonchev–Trinajstić information content (AvgIpc) is 3.06. The molecule has 228 valence electrons. The SMILES string of the molecule is CSc1nc(Nc2ccc(N3CCOCC3)cc2)cc(N2CCN(CC(=O)N3CCN(c4ccccc4O)CC3)CC2)n1. The molecular formula is C31H40N8O3S. The zero-order chi connectivity index (χ0) is 29.6. The number of anilines is 5. The number of aromatic nitrogens is 2. The summed E-state index contributed by atoms with van der Waals surface area (Å²) in [6.45, 7) is 9.76. The van der Waals surface area contributed by atoms with Crippen molar-refractivity contribution in [2.45, 2.75) is 5.16 Å². The molecule has 6 rings (SSSR count). The van der Waals surface area contributed by atoms with E-state index in [1.54, 1.807) is 6.07 Å². The lowest BCUT2D eigenvalue weighted by Crippen LogP contribution is -2.54. The molecule has 2 aromatic carbocycles. The molecule has 0 aliphatic carbocycles. The molecule has 0 bridgehead atoms. The molecule has 0 saturated carbocycles. The highest BCUT2D eigenvalue weighted by Gasteiger charge is 2.26. The molecule has 0 spiro atoms. The summed E-state index contributed by atoms with van der Waals surface area (Å²) in [5.41, 5.74) is 3.02. The Kier molecular flexibility index (Phi) is 9.35. The number of amides is 1. The van der Waals surface area contributed by atoms with Gasteiger partial charge in [0, 0.05) is 82.9 Å². The second kappa shape index (κ2) is 13.7. The zero-order valence-corrected chi connectivity index (χ0v) is 25.5. The van der Waals surface area contributed by atoms with Gasteiger partial charge in [0.1, 0.15) is 17.4 Å². The molecule has 2 N–H and O–H groups in total. The summed E-state index contributed by atoms with van der Waals surface area (Å²) in [7, 11) is 0. The number of morpholine rings is 1. The van der Waals surface area contributed by atoms with Crippen LogP contribution in [0, 0.1) is 0 Å². The number of piperazine rings is 2. The zero-order valence-electron chi connectivity index (χ0n) is 24.7. The lowest BCUT2D eigenvalue weighted by molar-refractivity contribution is -0.132. The van der Waals surface area contributed by atoms with Crippen LogP contribution in [0.15, 0.2) is 59.8 Å². The monoisotopic (exact) mass is 604 g/mol. The molecule has 1 aromatic heterocycles. The Bertz CT molecular complexity index is 1370. The molecule has 11 nitrogen and oxygen atoms in total. The molecule has 1 amide bonds. The van der Waals surface area contributed by atoms with Crippen LogP contribution in [0.4, 0.5) is 28.7 Å². The smallest absolute Gasteiger partial charge is 0.236 e. The largest absolute Gasteiger partial charge is 0.506 e. The number of ether oxygens (including phenoxy) is 1. The van der Waals surface area contributed by atoms with Gasteiger partial charge in [-0.25, -0.2) is 9.97 Å². The minimum Gasteiger partial charge on any atom is -0.506 e. The molecule has 0 radical (unpaired) electrons. The van der Waals surface area contributed by atoms with Crippen LogP contribution >= 0.6 is 11.8 Å². The third-order valence-corrected chi connectivity index (χ3v) is 8.85. The molecule has 0 atom stereocenters. The van der Waals surface area contributed by atoms with Crippen LogP contribution in [-0.2, 0) is 9.53 Å². The van der Waals surface area contributed by atoms with Crippen molar-refractivity contribution in [2.24, 2.45) is 0 Å². The molecule has 3 aromatic rings. The van der Waals surface area contributed by atoms with E-state index in [-0.39, 0.29) is 11.7 Å². The number of benzene rings is 2. The third-order valence-electron chi connectivity index (χ3n) is 8.30. The van der Waals surface area contributed by atoms with Gasteiger partial charge in [-0.3, -0.25) is 9.69 Å². The van der Waals surface area contributed by atoms with Crippen LogP contribution in [0.5, 0.6) is 5.75 Å². The predicted molar refractivity (Wildman–Crippen MR) is 172 cm³/mol. The van der Waals surface area contributed by atoms with Gasteiger partial charge >= 0.3 is 0 Å². The number of thioether (sulfide) groups is 1. The Morgan fingerprint density at radius 2 is 1.56 bits per heavy atom. The van der Waals surface area contributed by atoms with Crippen molar-refractivity contribution in [3.63, 3.8) is 0 Å². The van der Waals surface area contributed by atoms with Gasteiger partial charge in [0.2, 0.25) is 5.91 Å². The average molecular weight is 605 g/mol. The number of nitrogens with zero attached hydrogens (tertiary/aromatic N) is 7. The van der Waals surface area contributed by atoms with E-state index in [1.165, 1.54) is 17.4 Å². The minimum atomic E-state index is 0.170. The van der Waals surface area contributed by atoms with Crippen LogP contribution in [0.1, 0.15) is 0 Å². The van der Waals surface area contributed by atoms with Gasteiger partial charge in [0.05, 0.1) is 25.4 Å². The van der Waals surface area contributed by atoms with E-state index in [4.69, 9.17) is 14.7 Å². The fourth-order valence-electron chi connectivity index (χ4n) is 5.81. The summed E-state index contributed by atoms with van der Waals surface area (Å²) in [5, 5.41) is 14.4. The van der Waals surface area contributed by atoms with Gasteiger partial charge in [-0.2, -0.15) is 0 Å². The normalized spacial score (nSPS) is 18.2. The van der Waals surface area contributed by atoms with Crippen LogP contribution in [0.3, 0.4) is 0 Å². The van der Waals surface area contributed by atoms with Crippen molar-refractivity contribution < 1.29 is 14.6 Å². The maximum atomic E-state index is 13.1. The number of rotatable bonds is 8. The molecule has 3 fully saturated rings. The Balaban J connectivity index is 1.00. The van der Waals surface area contributed by atoms with Crippen LogP contribution in [-0.4, -0.2) is 122 Å². The number of phenolic OH excluding ortho intramolecular Hbond substituents is 1. The van der Waals surface area contributed by atoms with Crippen LogP contribution < -0.4 is 20.0 Å². The Morgan fingerprint density at radius 1 is 0.860 bits per heavy atom. The summed E-state index contributed by atoms with van der Waals surface area (Å²) < 4.78 is 5.47. The first-order valence-electron chi connectivity index (χ1n) is 15.0. The number of carbonyl (C=O) groups is 1. The molecule has 12 heteroatoms. The minimum absolute atomic E-state index is 0.170. The second-order valence-corrected chi connectivity index (χ2v) is 11.8. The highest BCUT2D eigenvalue weighted by molar-refractivity contribution is 7.98. The number of hydrogen-bond donors (Lipinski definition) is 2. The van der Waals surface area contributed by atoms with Gasteiger partial charge in [0.15, 0.2) is 5.16 Å². The van der Waals surface area contributed by atoms with Gasteiger partial charge in [-0.05, 0) is 42.7 Å². The van der Waals surface area contributed by atoms with E-state index in [1.807, 2.05) is 35.4 Å². The van der Waals surface area contributed by atoms with Crippen LogP contribution in [0.2, 0.25) is 0 Å². The Morgan fingerprint density at radius 3 is 2.26 bits per heavy atom. The fraction of sp³-hybridized carbons (Fsp3) is 0.452. The predicted octanol–water partition coefficient (Wildman–Crippen LogP) is 2.96. The third kappa shape index (κ3) is 7.26. The standard InChI is InChI=1S/C31H40N8O3S/c1-43-31-33-28(32-24-6-8-25(9-7-24)36-18-20-42-21-19-36)22-29(34-31)38-12-10-35(11-13-38)23-30(41)39-16-14-37(15-17-39)26-4-2-3-5-27(26)40/h2-9,22,40H,10-21,23H2,1H3,(H,32,33,34). The lowest BCUT2D eigenvalue weighted by Gasteiger charge is -2.39. The Hall–Kier alpha value is -3.74. The molecule has 3 saturated heterocycles. The molecule has 3 aliphatic rings. The van der Waals surface area contributed by atoms with Gasteiger partial charge < -0.3 is 34.8 Å². The van der Waals surface area contributed by atoms with Crippen molar-refractivity contribution >= 4 is 46.4 Å². The molecular weight excluding hydrogens is 564 g/mol. The van der Waals surface area contributed by atoms with Crippen molar-refractivity contribution in [3.05, 3.63) is 54.6 Å². The maximum Gasteiger partial charge on any atom is 0.236 e. The first kappa shape index (κ1) is 29.3. The summed E-state index contributed by atoms with van der Waals surface area (Å²) in [6.07, 6.45) is 1.99. The lowest BCUT2D eigenvalue weighted by atomic mass is 10.2. The van der Waals surface area contributed by atoms with Crippen molar-refractivity contribution in [2.75, 3.05) is 111 Å². The van der Waals surface area contributed by atoms with Crippen molar-refractivity contribution in [1.29, 1.82) is 0 Å². The maximum absolute atomic E-state index is 13.1. The van der Waals surface area contributed by atoms with E-state index < -0.39 is 0 Å². The van der Waals surface area contributed by atoms with Gasteiger partial charge in [-0.1, -0.05) is 23.9 Å². The molecule has 0 unspecified atom stereocenters. The summed E-state index contributed by atoms with van der Waals surface area (Å²) >= 11 is 1.53. The number of phenols is 1. The van der Waals surface area contributed by atoms with E-state index in [2.05, 4.69) is 49.2 Å². The highest BCUT2D eigenvalue weighted by atomic mass is 32.2. The summed E-state index contributed by atoms with van der Waals surface area (Å²) in [6, 6.07) is 17.9. The number of nitrogens with one attached hydrogen (secondary N) is 1. The van der Waals surface area contributed by atoms with Gasteiger partial charge in [-0.15, -0.1) is 0 Å². The quantitative estimate of drug-likeness (QED) is 0.293. The van der Waals surface area contributed by atoms with Crippen molar-refractivity contribution in [1.82, 2.24) is 19.8 Å². The van der Waals surface area contributed by atoms with E-state index in [0.29, 0.717) is 19.6 Å². The summed E-state index contributed by atoms with van der Waals surface area (Å²) in [5.74, 6) is 2.13. The molecule has 4 heterocycles. The van der Waals surface area contributed by atoms with E-state index in [0.717, 1.165) is 93.7 Å². The Labute approximate surface area is 257 Å².